The van der Waals surface area contributed by atoms with Crippen LogP contribution >= 0.6 is 0 Å². The maximum Gasteiger partial charge on any atom is 0.119 e. The highest BCUT2D eigenvalue weighted by Gasteiger charge is 2.03. The van der Waals surface area contributed by atoms with Crippen LogP contribution < -0.4 is 9.64 Å². The smallest absolute Gasteiger partial charge is 0.119 e. The number of fused-ring (bicyclic) bond motifs is 1. The average molecular weight is 215 g/mol. The van der Waals surface area contributed by atoms with Gasteiger partial charge in [-0.05, 0) is 36.6 Å². The first-order chi connectivity index (χ1) is 7.72. The molecule has 0 aromatic heterocycles. The lowest BCUT2D eigenvalue weighted by Crippen LogP contribution is -2.08. The van der Waals surface area contributed by atoms with Gasteiger partial charge in [0.05, 0.1) is 6.61 Å². The highest BCUT2D eigenvalue weighted by atomic mass is 16.5. The molecule has 0 aliphatic carbocycles. The van der Waals surface area contributed by atoms with Gasteiger partial charge in [0.25, 0.3) is 0 Å². The molecular formula is C14H17NO. The van der Waals surface area contributed by atoms with Gasteiger partial charge in [-0.3, -0.25) is 0 Å². The van der Waals surface area contributed by atoms with E-state index in [-0.39, 0.29) is 0 Å². The fourth-order valence-electron chi connectivity index (χ4n) is 1.89. The van der Waals surface area contributed by atoms with Crippen LogP contribution in [0.15, 0.2) is 36.4 Å². The van der Waals surface area contributed by atoms with Crippen LogP contribution in [0.1, 0.15) is 6.92 Å². The zero-order valence-corrected chi connectivity index (χ0v) is 10.0. The molecule has 0 aliphatic rings. The monoisotopic (exact) mass is 215 g/mol. The SMILES string of the molecule is CCOc1ccc2c(N(C)C)cccc2c1. The molecule has 0 saturated heterocycles. The van der Waals surface area contributed by atoms with Crippen LogP contribution in [0.3, 0.4) is 0 Å². The van der Waals surface area contributed by atoms with Crippen molar-refractivity contribution in [1.29, 1.82) is 0 Å². The van der Waals surface area contributed by atoms with Gasteiger partial charge in [0, 0.05) is 25.2 Å². The molecule has 2 aromatic carbocycles. The number of hydrogen-bond donors (Lipinski definition) is 0. The van der Waals surface area contributed by atoms with Crippen molar-refractivity contribution in [3.63, 3.8) is 0 Å². The Morgan fingerprint density at radius 1 is 1.12 bits per heavy atom. The molecule has 0 radical (unpaired) electrons. The molecule has 0 N–H and O–H groups in total. The van der Waals surface area contributed by atoms with Crippen LogP contribution in [0.4, 0.5) is 5.69 Å². The van der Waals surface area contributed by atoms with Gasteiger partial charge in [-0.1, -0.05) is 12.1 Å². The third-order valence-electron chi connectivity index (χ3n) is 2.62. The van der Waals surface area contributed by atoms with Gasteiger partial charge in [0.2, 0.25) is 0 Å². The summed E-state index contributed by atoms with van der Waals surface area (Å²) >= 11 is 0. The molecule has 0 spiro atoms. The first-order valence-corrected chi connectivity index (χ1v) is 5.55. The van der Waals surface area contributed by atoms with Gasteiger partial charge in [0.15, 0.2) is 0 Å². The molecule has 0 bridgehead atoms. The Kier molecular flexibility index (Phi) is 3.00. The van der Waals surface area contributed by atoms with Crippen molar-refractivity contribution in [3.05, 3.63) is 36.4 Å². The molecule has 84 valence electrons. The Hall–Kier alpha value is -1.70. The molecule has 0 unspecified atom stereocenters. The molecule has 2 heteroatoms. The first kappa shape index (κ1) is 10.8. The highest BCUT2D eigenvalue weighted by molar-refractivity contribution is 5.94. The van der Waals surface area contributed by atoms with E-state index in [1.807, 2.05) is 13.0 Å². The maximum absolute atomic E-state index is 5.50. The summed E-state index contributed by atoms with van der Waals surface area (Å²) in [6.45, 7) is 2.71. The number of hydrogen-bond acceptors (Lipinski definition) is 2. The Bertz CT molecular complexity index is 491. The maximum atomic E-state index is 5.50. The Morgan fingerprint density at radius 2 is 1.94 bits per heavy atom. The molecule has 0 amide bonds. The quantitative estimate of drug-likeness (QED) is 0.779. The number of rotatable bonds is 3. The van der Waals surface area contributed by atoms with E-state index in [1.54, 1.807) is 0 Å². The lowest BCUT2D eigenvalue weighted by atomic mass is 10.1. The molecule has 0 heterocycles. The van der Waals surface area contributed by atoms with Crippen LogP contribution in [0, 0.1) is 0 Å². The standard InChI is InChI=1S/C14H17NO/c1-4-16-12-8-9-13-11(10-12)6-5-7-14(13)15(2)3/h5-10H,4H2,1-3H3. The topological polar surface area (TPSA) is 12.5 Å². The third-order valence-corrected chi connectivity index (χ3v) is 2.62. The molecule has 2 rings (SSSR count). The minimum atomic E-state index is 0.707. The van der Waals surface area contributed by atoms with Gasteiger partial charge >= 0.3 is 0 Å². The van der Waals surface area contributed by atoms with Crippen LogP contribution in [0.5, 0.6) is 5.75 Å². The van der Waals surface area contributed by atoms with Crippen LogP contribution in [-0.2, 0) is 0 Å². The van der Waals surface area contributed by atoms with Gasteiger partial charge < -0.3 is 9.64 Å². The fourth-order valence-corrected chi connectivity index (χ4v) is 1.89. The number of nitrogens with zero attached hydrogens (tertiary/aromatic N) is 1. The first-order valence-electron chi connectivity index (χ1n) is 5.55. The van der Waals surface area contributed by atoms with Crippen molar-refractivity contribution in [2.75, 3.05) is 25.6 Å². The lowest BCUT2D eigenvalue weighted by Gasteiger charge is -2.15. The minimum absolute atomic E-state index is 0.707. The van der Waals surface area contributed by atoms with Gasteiger partial charge in [-0.2, -0.15) is 0 Å². The molecular weight excluding hydrogens is 198 g/mol. The van der Waals surface area contributed by atoms with E-state index in [0.29, 0.717) is 6.61 Å². The van der Waals surface area contributed by atoms with E-state index in [0.717, 1.165) is 5.75 Å². The van der Waals surface area contributed by atoms with E-state index in [2.05, 4.69) is 49.3 Å². The van der Waals surface area contributed by atoms with Crippen molar-refractivity contribution < 1.29 is 4.74 Å². The summed E-state index contributed by atoms with van der Waals surface area (Å²) in [5, 5.41) is 2.48. The van der Waals surface area contributed by atoms with Crippen molar-refractivity contribution >= 4 is 16.5 Å². The van der Waals surface area contributed by atoms with Crippen molar-refractivity contribution in [1.82, 2.24) is 0 Å². The third kappa shape index (κ3) is 1.96. The molecule has 0 fully saturated rings. The normalized spacial score (nSPS) is 10.4. The van der Waals surface area contributed by atoms with E-state index in [4.69, 9.17) is 4.74 Å². The summed E-state index contributed by atoms with van der Waals surface area (Å²) in [6.07, 6.45) is 0. The largest absolute Gasteiger partial charge is 0.494 e. The fraction of sp³-hybridized carbons (Fsp3) is 0.286. The Labute approximate surface area is 96.4 Å². The summed E-state index contributed by atoms with van der Waals surface area (Å²) in [5.74, 6) is 0.936. The van der Waals surface area contributed by atoms with Gasteiger partial charge in [0.1, 0.15) is 5.75 Å². The molecule has 16 heavy (non-hydrogen) atoms. The summed E-state index contributed by atoms with van der Waals surface area (Å²) in [5.41, 5.74) is 1.24. The van der Waals surface area contributed by atoms with E-state index in [1.165, 1.54) is 16.5 Å². The van der Waals surface area contributed by atoms with Gasteiger partial charge in [-0.25, -0.2) is 0 Å². The predicted molar refractivity (Wildman–Crippen MR) is 69.4 cm³/mol. The Morgan fingerprint density at radius 3 is 2.62 bits per heavy atom. The van der Waals surface area contributed by atoms with Crippen molar-refractivity contribution in [3.8, 4) is 5.75 Å². The molecule has 0 aliphatic heterocycles. The second-order valence-corrected chi connectivity index (χ2v) is 3.99. The molecule has 2 aromatic rings. The zero-order valence-electron chi connectivity index (χ0n) is 10.0. The van der Waals surface area contributed by atoms with Crippen LogP contribution in [-0.4, -0.2) is 20.7 Å². The number of anilines is 1. The lowest BCUT2D eigenvalue weighted by molar-refractivity contribution is 0.341. The summed E-state index contributed by atoms with van der Waals surface area (Å²) < 4.78 is 5.50. The molecule has 0 atom stereocenters. The highest BCUT2D eigenvalue weighted by Crippen LogP contribution is 2.28. The summed E-state index contributed by atoms with van der Waals surface area (Å²) in [7, 11) is 4.12. The average Bonchev–Trinajstić information content (AvgIpc) is 2.28. The number of benzene rings is 2. The van der Waals surface area contributed by atoms with E-state index < -0.39 is 0 Å². The van der Waals surface area contributed by atoms with Crippen molar-refractivity contribution in [2.24, 2.45) is 0 Å². The second kappa shape index (κ2) is 4.44. The summed E-state index contributed by atoms with van der Waals surface area (Å²) in [6, 6.07) is 12.6. The van der Waals surface area contributed by atoms with Crippen LogP contribution in [0.2, 0.25) is 0 Å². The van der Waals surface area contributed by atoms with E-state index in [9.17, 15) is 0 Å². The predicted octanol–water partition coefficient (Wildman–Crippen LogP) is 3.30. The van der Waals surface area contributed by atoms with Gasteiger partial charge in [-0.15, -0.1) is 0 Å². The summed E-state index contributed by atoms with van der Waals surface area (Å²) in [4.78, 5) is 2.13. The molecule has 0 saturated carbocycles. The zero-order chi connectivity index (χ0) is 11.5. The van der Waals surface area contributed by atoms with Crippen LogP contribution in [0.25, 0.3) is 10.8 Å². The van der Waals surface area contributed by atoms with Crippen molar-refractivity contribution in [2.45, 2.75) is 6.92 Å². The van der Waals surface area contributed by atoms with E-state index >= 15 is 0 Å². The molecule has 2 nitrogen and oxygen atoms in total. The minimum Gasteiger partial charge on any atom is -0.494 e. The Balaban J connectivity index is 2.55. The number of ether oxygens (including phenoxy) is 1. The second-order valence-electron chi connectivity index (χ2n) is 3.99.